The molecule has 4 nitrogen and oxygen atoms in total. The first-order valence-corrected chi connectivity index (χ1v) is 6.73. The molecule has 1 saturated heterocycles. The van der Waals surface area contributed by atoms with Gasteiger partial charge in [0.05, 0.1) is 13.2 Å². The monoisotopic (exact) mass is 346 g/mol. The molecule has 1 heterocycles. The molecule has 0 atom stereocenters. The molecule has 2 rings (SSSR count). The molecule has 0 bridgehead atoms. The molecule has 0 aliphatic carbocycles. The van der Waals surface area contributed by atoms with Gasteiger partial charge in [0.25, 0.3) is 0 Å². The van der Waals surface area contributed by atoms with Gasteiger partial charge in [-0.1, -0.05) is 6.07 Å². The van der Waals surface area contributed by atoms with Crippen LogP contribution < -0.4 is 5.32 Å². The van der Waals surface area contributed by atoms with Crippen LogP contribution >= 0.6 is 22.6 Å². The van der Waals surface area contributed by atoms with Gasteiger partial charge in [-0.2, -0.15) is 0 Å². The first-order valence-electron chi connectivity index (χ1n) is 5.65. The Kier molecular flexibility index (Phi) is 4.22. The molecule has 17 heavy (non-hydrogen) atoms. The van der Waals surface area contributed by atoms with Crippen LogP contribution in [0.15, 0.2) is 18.2 Å². The van der Waals surface area contributed by atoms with Crippen molar-refractivity contribution in [3.05, 3.63) is 27.3 Å². The summed E-state index contributed by atoms with van der Waals surface area (Å²) in [6.45, 7) is 3.28. The van der Waals surface area contributed by atoms with Crippen molar-refractivity contribution in [3.63, 3.8) is 0 Å². The summed E-state index contributed by atoms with van der Waals surface area (Å²) in [5, 5.41) is 4.28. The molecule has 1 aliphatic heterocycles. The fourth-order valence-electron chi connectivity index (χ4n) is 1.68. The number of hydrogen-bond acceptors (Lipinski definition) is 2. The molecule has 0 unspecified atom stereocenters. The minimum atomic E-state index is -0.185. The standard InChI is InChI=1S/C12H15IN2O2/c1-9-10(13)5-4-6-11(9)14-12(16)15-7-2-3-8-17-15/h4-6H,2-3,7-8H2,1H3,(H,14,16). The van der Waals surface area contributed by atoms with Gasteiger partial charge in [-0.15, -0.1) is 0 Å². The Bertz CT molecular complexity index is 417. The van der Waals surface area contributed by atoms with Crippen molar-refractivity contribution in [1.82, 2.24) is 5.06 Å². The number of anilines is 1. The topological polar surface area (TPSA) is 41.6 Å². The number of carbonyl (C=O) groups is 1. The minimum absolute atomic E-state index is 0.185. The molecule has 1 aromatic rings. The average Bonchev–Trinajstić information content (AvgIpc) is 2.36. The first kappa shape index (κ1) is 12.6. The summed E-state index contributed by atoms with van der Waals surface area (Å²) in [6.07, 6.45) is 2.02. The summed E-state index contributed by atoms with van der Waals surface area (Å²) >= 11 is 2.26. The summed E-state index contributed by atoms with van der Waals surface area (Å²) in [5.74, 6) is 0. The van der Waals surface area contributed by atoms with E-state index in [0.29, 0.717) is 13.2 Å². The predicted octanol–water partition coefficient (Wildman–Crippen LogP) is 3.16. The van der Waals surface area contributed by atoms with Gasteiger partial charge in [0.1, 0.15) is 0 Å². The van der Waals surface area contributed by atoms with Crippen molar-refractivity contribution in [2.24, 2.45) is 0 Å². The number of halogens is 1. The highest BCUT2D eigenvalue weighted by Gasteiger charge is 2.18. The van der Waals surface area contributed by atoms with E-state index in [4.69, 9.17) is 4.84 Å². The average molecular weight is 346 g/mol. The van der Waals surface area contributed by atoms with E-state index in [2.05, 4.69) is 27.9 Å². The Morgan fingerprint density at radius 1 is 1.47 bits per heavy atom. The van der Waals surface area contributed by atoms with Gasteiger partial charge in [-0.05, 0) is 60.1 Å². The fourth-order valence-corrected chi connectivity index (χ4v) is 2.18. The van der Waals surface area contributed by atoms with Crippen molar-refractivity contribution in [2.45, 2.75) is 19.8 Å². The molecular formula is C12H15IN2O2. The quantitative estimate of drug-likeness (QED) is 0.794. The number of urea groups is 1. The van der Waals surface area contributed by atoms with Crippen molar-refractivity contribution in [1.29, 1.82) is 0 Å². The summed E-state index contributed by atoms with van der Waals surface area (Å²) < 4.78 is 1.14. The van der Waals surface area contributed by atoms with Crippen LogP contribution in [-0.2, 0) is 4.84 Å². The Morgan fingerprint density at radius 2 is 2.29 bits per heavy atom. The number of nitrogens with one attached hydrogen (secondary N) is 1. The van der Waals surface area contributed by atoms with Crippen LogP contribution in [0.25, 0.3) is 0 Å². The van der Waals surface area contributed by atoms with Crippen LogP contribution in [0.2, 0.25) is 0 Å². The van der Waals surface area contributed by atoms with Crippen molar-refractivity contribution in [2.75, 3.05) is 18.5 Å². The second kappa shape index (κ2) is 5.68. The van der Waals surface area contributed by atoms with E-state index < -0.39 is 0 Å². The number of carbonyl (C=O) groups excluding carboxylic acids is 1. The van der Waals surface area contributed by atoms with Crippen LogP contribution in [0.4, 0.5) is 10.5 Å². The number of hydroxylamine groups is 2. The Labute approximate surface area is 114 Å². The Balaban J connectivity index is 2.04. The van der Waals surface area contributed by atoms with E-state index in [1.54, 1.807) is 0 Å². The van der Waals surface area contributed by atoms with Crippen molar-refractivity contribution >= 4 is 34.3 Å². The molecule has 1 N–H and O–H groups in total. The third-order valence-electron chi connectivity index (χ3n) is 2.74. The molecule has 0 spiro atoms. The maximum atomic E-state index is 11.9. The summed E-state index contributed by atoms with van der Waals surface area (Å²) in [5.41, 5.74) is 1.93. The van der Waals surface area contributed by atoms with Crippen LogP contribution in [0.3, 0.4) is 0 Å². The van der Waals surface area contributed by atoms with Crippen LogP contribution in [0, 0.1) is 10.5 Å². The SMILES string of the molecule is Cc1c(I)cccc1NC(=O)N1CCCCO1. The zero-order valence-corrected chi connectivity index (χ0v) is 11.9. The van der Waals surface area contributed by atoms with E-state index in [-0.39, 0.29) is 6.03 Å². The molecule has 0 radical (unpaired) electrons. The number of amides is 2. The summed E-state index contributed by atoms with van der Waals surface area (Å²) in [7, 11) is 0. The fraction of sp³-hybridized carbons (Fsp3) is 0.417. The van der Waals surface area contributed by atoms with E-state index in [9.17, 15) is 4.79 Å². The van der Waals surface area contributed by atoms with E-state index in [1.165, 1.54) is 5.06 Å². The second-order valence-corrected chi connectivity index (χ2v) is 5.15. The zero-order chi connectivity index (χ0) is 12.3. The molecule has 2 amide bonds. The molecular weight excluding hydrogens is 331 g/mol. The van der Waals surface area contributed by atoms with Gasteiger partial charge in [-0.3, -0.25) is 4.84 Å². The highest BCUT2D eigenvalue weighted by molar-refractivity contribution is 14.1. The zero-order valence-electron chi connectivity index (χ0n) is 9.70. The van der Waals surface area contributed by atoms with Crippen molar-refractivity contribution < 1.29 is 9.63 Å². The smallest absolute Gasteiger partial charge is 0.306 e. The second-order valence-electron chi connectivity index (χ2n) is 3.98. The van der Waals surface area contributed by atoms with Gasteiger partial charge in [0.2, 0.25) is 0 Å². The maximum absolute atomic E-state index is 11.9. The van der Waals surface area contributed by atoms with Gasteiger partial charge in [-0.25, -0.2) is 9.86 Å². The lowest BCUT2D eigenvalue weighted by Gasteiger charge is -2.26. The summed E-state index contributed by atoms with van der Waals surface area (Å²) in [6, 6.07) is 5.67. The number of benzene rings is 1. The Hall–Kier alpha value is -0.820. The lowest BCUT2D eigenvalue weighted by molar-refractivity contribution is -0.135. The molecule has 92 valence electrons. The van der Waals surface area contributed by atoms with Gasteiger partial charge < -0.3 is 5.32 Å². The first-order chi connectivity index (χ1) is 8.18. The number of rotatable bonds is 1. The lowest BCUT2D eigenvalue weighted by Crippen LogP contribution is -2.38. The molecule has 0 saturated carbocycles. The van der Waals surface area contributed by atoms with Crippen LogP contribution in [-0.4, -0.2) is 24.2 Å². The van der Waals surface area contributed by atoms with Crippen molar-refractivity contribution in [3.8, 4) is 0 Å². The van der Waals surface area contributed by atoms with E-state index >= 15 is 0 Å². The maximum Gasteiger partial charge on any atom is 0.345 e. The van der Waals surface area contributed by atoms with E-state index in [1.807, 2.05) is 25.1 Å². The van der Waals surface area contributed by atoms with Gasteiger partial charge in [0, 0.05) is 9.26 Å². The highest BCUT2D eigenvalue weighted by Crippen LogP contribution is 2.21. The largest absolute Gasteiger partial charge is 0.345 e. The minimum Gasteiger partial charge on any atom is -0.306 e. The predicted molar refractivity (Wildman–Crippen MR) is 74.8 cm³/mol. The van der Waals surface area contributed by atoms with Gasteiger partial charge in [0.15, 0.2) is 0 Å². The van der Waals surface area contributed by atoms with Crippen LogP contribution in [0.5, 0.6) is 0 Å². The lowest BCUT2D eigenvalue weighted by atomic mass is 10.2. The molecule has 5 heteroatoms. The van der Waals surface area contributed by atoms with E-state index in [0.717, 1.165) is 27.7 Å². The molecule has 1 aliphatic rings. The summed E-state index contributed by atoms with van der Waals surface area (Å²) in [4.78, 5) is 17.2. The third kappa shape index (κ3) is 3.10. The molecule has 0 aromatic heterocycles. The number of hydrogen-bond donors (Lipinski definition) is 1. The molecule has 1 aromatic carbocycles. The van der Waals surface area contributed by atoms with Gasteiger partial charge >= 0.3 is 6.03 Å². The normalized spacial score (nSPS) is 15.8. The van der Waals surface area contributed by atoms with Crippen LogP contribution in [0.1, 0.15) is 18.4 Å². The molecule has 1 fully saturated rings. The third-order valence-corrected chi connectivity index (χ3v) is 3.91. The number of nitrogens with zero attached hydrogens (tertiary/aromatic N) is 1. The Morgan fingerprint density at radius 3 is 3.00 bits per heavy atom. The highest BCUT2D eigenvalue weighted by atomic mass is 127.